The second-order valence-corrected chi connectivity index (χ2v) is 5.41. The number of ether oxygens (including phenoxy) is 1. The number of nitrogens with two attached hydrogens (primary N) is 1. The molecule has 0 saturated carbocycles. The number of hydrogen-bond acceptors (Lipinski definition) is 4. The van der Waals surface area contributed by atoms with Crippen LogP contribution in [-0.2, 0) is 7.05 Å². The molecule has 0 aliphatic heterocycles. The van der Waals surface area contributed by atoms with E-state index in [-0.39, 0.29) is 6.04 Å². The second-order valence-electron chi connectivity index (χ2n) is 4.29. The Morgan fingerprint density at radius 2 is 2.28 bits per heavy atom. The third-order valence-electron chi connectivity index (χ3n) is 2.89. The molecule has 1 atom stereocenters. The van der Waals surface area contributed by atoms with Crippen LogP contribution in [0.1, 0.15) is 30.7 Å². The van der Waals surface area contributed by atoms with Crippen LogP contribution in [0.25, 0.3) is 10.6 Å². The molecule has 0 amide bonds. The normalized spacial score (nSPS) is 12.7. The predicted octanol–water partition coefficient (Wildman–Crippen LogP) is 2.96. The fraction of sp³-hybridized carbons (Fsp3) is 0.462. The number of thiophene rings is 1. The average Bonchev–Trinajstić information content (AvgIpc) is 2.95. The molecule has 2 aromatic heterocycles. The van der Waals surface area contributed by atoms with Crippen LogP contribution in [0.5, 0.6) is 5.88 Å². The molecule has 0 bridgehead atoms. The van der Waals surface area contributed by atoms with Gasteiger partial charge in [-0.1, -0.05) is 13.3 Å². The van der Waals surface area contributed by atoms with Gasteiger partial charge in [0.1, 0.15) is 5.69 Å². The zero-order chi connectivity index (χ0) is 13.1. The molecule has 0 aliphatic rings. The molecule has 18 heavy (non-hydrogen) atoms. The Hall–Kier alpha value is -1.33. The Labute approximate surface area is 111 Å². The van der Waals surface area contributed by atoms with E-state index in [1.165, 1.54) is 4.88 Å². The van der Waals surface area contributed by atoms with Crippen LogP contribution in [0.2, 0.25) is 0 Å². The fourth-order valence-electron chi connectivity index (χ4n) is 1.90. The number of aryl methyl sites for hydroxylation is 1. The van der Waals surface area contributed by atoms with Crippen LogP contribution in [0.4, 0.5) is 0 Å². The Balaban J connectivity index is 2.23. The summed E-state index contributed by atoms with van der Waals surface area (Å²) >= 11 is 1.71. The molecule has 0 saturated heterocycles. The van der Waals surface area contributed by atoms with E-state index in [0.29, 0.717) is 0 Å². The summed E-state index contributed by atoms with van der Waals surface area (Å²) in [5.74, 6) is 0.762. The molecule has 98 valence electrons. The minimum atomic E-state index is 0.138. The van der Waals surface area contributed by atoms with Gasteiger partial charge in [-0.2, -0.15) is 5.10 Å². The van der Waals surface area contributed by atoms with E-state index in [1.807, 2.05) is 13.1 Å². The lowest BCUT2D eigenvalue weighted by Crippen LogP contribution is -2.07. The second kappa shape index (κ2) is 5.54. The van der Waals surface area contributed by atoms with Gasteiger partial charge in [0, 0.05) is 24.0 Å². The maximum absolute atomic E-state index is 6.12. The van der Waals surface area contributed by atoms with Crippen LogP contribution in [0.3, 0.4) is 0 Å². The Bertz CT molecular complexity index is 518. The van der Waals surface area contributed by atoms with Crippen LogP contribution >= 0.6 is 11.3 Å². The van der Waals surface area contributed by atoms with Crippen molar-refractivity contribution in [2.75, 3.05) is 7.11 Å². The van der Waals surface area contributed by atoms with Crippen molar-refractivity contribution in [2.24, 2.45) is 12.8 Å². The van der Waals surface area contributed by atoms with Gasteiger partial charge in [-0.05, 0) is 18.6 Å². The topological polar surface area (TPSA) is 53.1 Å². The highest BCUT2D eigenvalue weighted by Gasteiger charge is 2.12. The van der Waals surface area contributed by atoms with Crippen LogP contribution in [-0.4, -0.2) is 16.9 Å². The zero-order valence-corrected chi connectivity index (χ0v) is 11.8. The zero-order valence-electron chi connectivity index (χ0n) is 11.0. The Morgan fingerprint density at radius 1 is 1.50 bits per heavy atom. The number of rotatable bonds is 5. The smallest absolute Gasteiger partial charge is 0.211 e. The average molecular weight is 265 g/mol. The Morgan fingerprint density at radius 3 is 2.89 bits per heavy atom. The molecular weight excluding hydrogens is 246 g/mol. The van der Waals surface area contributed by atoms with Crippen molar-refractivity contribution < 1.29 is 4.74 Å². The SMILES string of the molecule is CCCC(N)c1ccc(-c2cc(OC)n(C)n2)s1. The number of aromatic nitrogens is 2. The summed E-state index contributed by atoms with van der Waals surface area (Å²) in [5.41, 5.74) is 7.06. The molecule has 2 heterocycles. The molecule has 0 radical (unpaired) electrons. The molecule has 0 aliphatic carbocycles. The van der Waals surface area contributed by atoms with Gasteiger partial charge in [0.25, 0.3) is 0 Å². The summed E-state index contributed by atoms with van der Waals surface area (Å²) in [6.45, 7) is 2.15. The third kappa shape index (κ3) is 2.57. The number of methoxy groups -OCH3 is 1. The van der Waals surface area contributed by atoms with Gasteiger partial charge in [0.15, 0.2) is 0 Å². The monoisotopic (exact) mass is 265 g/mol. The molecule has 2 N–H and O–H groups in total. The summed E-state index contributed by atoms with van der Waals surface area (Å²) < 4.78 is 6.96. The van der Waals surface area contributed by atoms with Crippen LogP contribution in [0, 0.1) is 0 Å². The first kappa shape index (κ1) is 13.1. The highest BCUT2D eigenvalue weighted by Crippen LogP contribution is 2.32. The van der Waals surface area contributed by atoms with Crippen molar-refractivity contribution in [3.8, 4) is 16.5 Å². The first-order valence-electron chi connectivity index (χ1n) is 6.09. The first-order chi connectivity index (χ1) is 8.65. The van der Waals surface area contributed by atoms with E-state index in [4.69, 9.17) is 10.5 Å². The van der Waals surface area contributed by atoms with Gasteiger partial charge in [-0.15, -0.1) is 11.3 Å². The largest absolute Gasteiger partial charge is 0.481 e. The lowest BCUT2D eigenvalue weighted by molar-refractivity contribution is 0.373. The molecule has 2 rings (SSSR count). The van der Waals surface area contributed by atoms with Crippen LogP contribution in [0.15, 0.2) is 18.2 Å². The van der Waals surface area contributed by atoms with E-state index in [2.05, 4.69) is 24.2 Å². The van der Waals surface area contributed by atoms with Crippen molar-refractivity contribution in [2.45, 2.75) is 25.8 Å². The molecule has 4 nitrogen and oxygen atoms in total. The predicted molar refractivity (Wildman–Crippen MR) is 74.9 cm³/mol. The molecule has 1 unspecified atom stereocenters. The van der Waals surface area contributed by atoms with E-state index in [9.17, 15) is 0 Å². The van der Waals surface area contributed by atoms with Gasteiger partial charge in [-0.3, -0.25) is 0 Å². The molecule has 0 fully saturated rings. The van der Waals surface area contributed by atoms with Crippen LogP contribution < -0.4 is 10.5 Å². The summed E-state index contributed by atoms with van der Waals surface area (Å²) in [7, 11) is 3.53. The van der Waals surface area contributed by atoms with Gasteiger partial charge in [-0.25, -0.2) is 4.68 Å². The molecule has 2 aromatic rings. The maximum atomic E-state index is 6.12. The van der Waals surface area contributed by atoms with Gasteiger partial charge >= 0.3 is 0 Å². The van der Waals surface area contributed by atoms with Crippen molar-refractivity contribution >= 4 is 11.3 Å². The van der Waals surface area contributed by atoms with Gasteiger partial charge < -0.3 is 10.5 Å². The van der Waals surface area contributed by atoms with E-state index in [1.54, 1.807) is 23.1 Å². The highest BCUT2D eigenvalue weighted by atomic mass is 32.1. The Kier molecular flexibility index (Phi) is 4.04. The van der Waals surface area contributed by atoms with Crippen molar-refractivity contribution in [1.82, 2.24) is 9.78 Å². The van der Waals surface area contributed by atoms with Gasteiger partial charge in [0.05, 0.1) is 12.0 Å². The minimum absolute atomic E-state index is 0.138. The lowest BCUT2D eigenvalue weighted by atomic mass is 10.1. The summed E-state index contributed by atoms with van der Waals surface area (Å²) in [6, 6.07) is 6.26. The van der Waals surface area contributed by atoms with Crippen molar-refractivity contribution in [3.05, 3.63) is 23.1 Å². The first-order valence-corrected chi connectivity index (χ1v) is 6.91. The molecule has 0 aromatic carbocycles. The molecular formula is C13H19N3OS. The van der Waals surface area contributed by atoms with E-state index in [0.717, 1.165) is 29.3 Å². The van der Waals surface area contributed by atoms with E-state index < -0.39 is 0 Å². The van der Waals surface area contributed by atoms with Crippen molar-refractivity contribution in [1.29, 1.82) is 0 Å². The van der Waals surface area contributed by atoms with E-state index >= 15 is 0 Å². The number of nitrogens with zero attached hydrogens (tertiary/aromatic N) is 2. The summed E-state index contributed by atoms with van der Waals surface area (Å²) in [6.07, 6.45) is 2.12. The maximum Gasteiger partial charge on any atom is 0.211 e. The number of hydrogen-bond donors (Lipinski definition) is 1. The summed E-state index contributed by atoms with van der Waals surface area (Å²) in [4.78, 5) is 2.35. The molecule has 0 spiro atoms. The highest BCUT2D eigenvalue weighted by molar-refractivity contribution is 7.15. The van der Waals surface area contributed by atoms with Gasteiger partial charge in [0.2, 0.25) is 5.88 Å². The standard InChI is InChI=1S/C13H19N3OS/c1-4-5-9(14)11-6-7-12(18-11)10-8-13(17-3)16(2)15-10/h6-9H,4-5,14H2,1-3H3. The van der Waals surface area contributed by atoms with Crippen molar-refractivity contribution in [3.63, 3.8) is 0 Å². The third-order valence-corrected chi connectivity index (χ3v) is 4.13. The fourth-order valence-corrected chi connectivity index (χ4v) is 2.90. The minimum Gasteiger partial charge on any atom is -0.481 e. The quantitative estimate of drug-likeness (QED) is 0.904. The lowest BCUT2D eigenvalue weighted by Gasteiger charge is -2.06. The molecule has 5 heteroatoms. The summed E-state index contributed by atoms with van der Waals surface area (Å²) in [5, 5.41) is 4.43.